The number of benzene rings is 5. The summed E-state index contributed by atoms with van der Waals surface area (Å²) in [5.41, 5.74) is 7.21. The molecular formula is C74H84F3N11O20S4. The maximum absolute atomic E-state index is 13.9. The van der Waals surface area contributed by atoms with E-state index in [0.29, 0.717) is 69.2 Å². The number of H-pyrrole nitrogens is 1. The average Bonchev–Trinajstić information content (AvgIpc) is 1.57. The number of aliphatic imine (C=N–C) groups is 1. The Hall–Kier alpha value is -10.4. The van der Waals surface area contributed by atoms with Crippen LogP contribution in [0.15, 0.2) is 158 Å². The molecule has 2 unspecified atom stereocenters. The molecule has 0 bridgehead atoms. The molecule has 31 nitrogen and oxygen atoms in total. The minimum atomic E-state index is -5.42. The third-order valence-corrected chi connectivity index (χ3v) is 23.9. The van der Waals surface area contributed by atoms with Crippen LogP contribution in [0.25, 0.3) is 32.7 Å². The number of nitrogens with zero attached hydrogens (tertiary/aromatic N) is 6. The standard InChI is InChI=1S/C74H84F3N11O20S4/c1-41-14-15-47-37-51(111(103,104)105)23-25-53(47)61(41)72(4,5)58(79-35-32-42(2)109(97,98)99)29-19-44-11-10-12-45(20-30-59-73(6,7)62-54-26-24-52(112(106,107)108)38-48(54)18-28-57(62)87(59)36-33-43(3)110(100,101)102)63(44)80-34-9-8-13-55(68(92)93)83-60(89)31-27-56(69(94)95)84-66(90)46-16-21-50(22-17-46)88(70(96)74(75,76)77)40-49-39-81-65-64(82-49)67(91)86-71(78)85-65/h14-26,28-30,37-39,42-43,55-56,80H,8-13,27,31-36,40H2,1-7H3,(H,83,89)(H,84,90)(H,92,93)(H,94,95)(H,97,98,99)(H,100,101,102)(H,103,104,105)(H,106,107,108)(H3,78,81,85,86,91)/b29-19+,45-20+,59-30+,79-58+/t42?,43?,55-,56-/m0/s1. The van der Waals surface area contributed by atoms with Gasteiger partial charge < -0.3 is 36.8 Å². The Balaban J connectivity index is 0.976. The lowest BCUT2D eigenvalue weighted by molar-refractivity contribution is -0.170. The number of aromatic amines is 1. The molecule has 1 aliphatic carbocycles. The van der Waals surface area contributed by atoms with Crippen LogP contribution in [0.1, 0.15) is 138 Å². The third-order valence-electron chi connectivity index (χ3n) is 19.7. The number of rotatable bonds is 32. The molecule has 112 heavy (non-hydrogen) atoms. The van der Waals surface area contributed by atoms with Crippen molar-refractivity contribution in [1.29, 1.82) is 0 Å². The zero-order valence-corrected chi connectivity index (χ0v) is 64.9. The summed E-state index contributed by atoms with van der Waals surface area (Å²) >= 11 is 0. The summed E-state index contributed by atoms with van der Waals surface area (Å²) in [6, 6.07) is 15.9. The molecule has 0 fully saturated rings. The Morgan fingerprint density at radius 2 is 1.37 bits per heavy atom. The van der Waals surface area contributed by atoms with Crippen LogP contribution in [0.3, 0.4) is 0 Å². The molecular weight excluding hydrogens is 1550 g/mol. The Labute approximate surface area is 642 Å². The lowest BCUT2D eigenvalue weighted by Crippen LogP contribution is -2.44. The fourth-order valence-corrected chi connectivity index (χ4v) is 15.5. The number of carboxylic acids is 2. The Kier molecular flexibility index (Phi) is 25.9. The van der Waals surface area contributed by atoms with Gasteiger partial charge in [0, 0.05) is 70.9 Å². The molecule has 1 aliphatic heterocycles. The number of aromatic nitrogens is 4. The van der Waals surface area contributed by atoms with Crippen molar-refractivity contribution in [3.8, 4) is 0 Å². The van der Waals surface area contributed by atoms with Gasteiger partial charge in [0.1, 0.15) is 12.1 Å². The maximum Gasteiger partial charge on any atom is 0.471 e. The maximum atomic E-state index is 13.9. The number of unbranched alkanes of at least 4 members (excludes halogenated alkanes) is 1. The zero-order chi connectivity index (χ0) is 82.5. The van der Waals surface area contributed by atoms with E-state index < -0.39 is 140 Å². The number of anilines is 3. The van der Waals surface area contributed by atoms with Gasteiger partial charge >= 0.3 is 24.0 Å². The molecule has 3 amide bonds. The van der Waals surface area contributed by atoms with E-state index in [0.717, 1.165) is 52.7 Å². The van der Waals surface area contributed by atoms with E-state index in [1.807, 2.05) is 57.7 Å². The minimum Gasteiger partial charge on any atom is -0.480 e. The lowest BCUT2D eigenvalue weighted by Gasteiger charge is -2.30. The van der Waals surface area contributed by atoms with Crippen LogP contribution < -0.4 is 37.0 Å². The number of alkyl halides is 3. The van der Waals surface area contributed by atoms with Gasteiger partial charge in [-0.25, -0.2) is 19.6 Å². The molecule has 2 aliphatic rings. The Morgan fingerprint density at radius 3 is 1.98 bits per heavy atom. The van der Waals surface area contributed by atoms with E-state index >= 15 is 0 Å². The number of nitrogens with two attached hydrogens (primary N) is 1. The number of halogens is 3. The van der Waals surface area contributed by atoms with Crippen LogP contribution in [-0.2, 0) is 77.0 Å². The van der Waals surface area contributed by atoms with Gasteiger partial charge in [0.25, 0.3) is 51.9 Å². The summed E-state index contributed by atoms with van der Waals surface area (Å²) in [5, 5.41) is 28.5. The van der Waals surface area contributed by atoms with Gasteiger partial charge in [0.05, 0.1) is 38.7 Å². The molecule has 600 valence electrons. The highest BCUT2D eigenvalue weighted by molar-refractivity contribution is 7.87. The number of hydrogen-bond acceptors (Lipinski definition) is 21. The molecule has 2 aromatic heterocycles. The molecule has 3 heterocycles. The highest BCUT2D eigenvalue weighted by Gasteiger charge is 2.45. The molecule has 0 saturated heterocycles. The van der Waals surface area contributed by atoms with Crippen molar-refractivity contribution in [3.63, 3.8) is 0 Å². The first-order valence-corrected chi connectivity index (χ1v) is 41.0. The van der Waals surface area contributed by atoms with Gasteiger partial charge in [-0.1, -0.05) is 70.2 Å². The van der Waals surface area contributed by atoms with Gasteiger partial charge in [-0.05, 0) is 195 Å². The second kappa shape index (κ2) is 33.9. The minimum absolute atomic E-state index is 0.0364. The van der Waals surface area contributed by atoms with Crippen molar-refractivity contribution in [2.45, 2.75) is 169 Å². The van der Waals surface area contributed by atoms with Crippen LogP contribution in [-0.4, -0.2) is 166 Å². The van der Waals surface area contributed by atoms with Gasteiger partial charge in [-0.15, -0.1) is 0 Å². The van der Waals surface area contributed by atoms with Crippen molar-refractivity contribution in [3.05, 3.63) is 176 Å². The molecule has 4 atom stereocenters. The monoisotopic (exact) mass is 1630 g/mol. The molecule has 5 aromatic carbocycles. The van der Waals surface area contributed by atoms with Gasteiger partial charge in [-0.2, -0.15) is 51.8 Å². The van der Waals surface area contributed by atoms with Crippen LogP contribution in [0.2, 0.25) is 0 Å². The quantitative estimate of drug-likeness (QED) is 0.0106. The first kappa shape index (κ1) is 85.6. The number of carbonyl (C=O) groups is 5. The van der Waals surface area contributed by atoms with Crippen LogP contribution in [0.5, 0.6) is 0 Å². The largest absolute Gasteiger partial charge is 0.480 e. The van der Waals surface area contributed by atoms with Crippen LogP contribution in [0, 0.1) is 6.92 Å². The first-order valence-electron chi connectivity index (χ1n) is 35.1. The highest BCUT2D eigenvalue weighted by Crippen LogP contribution is 2.51. The van der Waals surface area contributed by atoms with Gasteiger partial charge in [-0.3, -0.25) is 52.3 Å². The van der Waals surface area contributed by atoms with E-state index in [2.05, 4.69) is 35.9 Å². The number of amides is 3. The lowest BCUT2D eigenvalue weighted by atomic mass is 9.75. The number of nitrogen functional groups attached to an aromatic ring is 1. The predicted octanol–water partition coefficient (Wildman–Crippen LogP) is 9.15. The van der Waals surface area contributed by atoms with Crippen molar-refractivity contribution < 1.29 is 99.2 Å². The fraction of sp³-hybridized carbons (Fsp3) is 0.378. The van der Waals surface area contributed by atoms with Crippen molar-refractivity contribution in [2.75, 3.05) is 35.2 Å². The van der Waals surface area contributed by atoms with Gasteiger partial charge in [0.15, 0.2) is 11.2 Å². The number of carbonyl (C=O) groups excluding carboxylic acids is 3. The number of fused-ring (bicyclic) bond motifs is 5. The third kappa shape index (κ3) is 20.3. The first-order chi connectivity index (χ1) is 52.2. The number of nitrogens with one attached hydrogen (secondary N) is 4. The van der Waals surface area contributed by atoms with E-state index in [1.165, 1.54) is 38.1 Å². The zero-order valence-electron chi connectivity index (χ0n) is 61.6. The van der Waals surface area contributed by atoms with E-state index in [9.17, 15) is 104 Å². The molecule has 0 spiro atoms. The van der Waals surface area contributed by atoms with Crippen LogP contribution >= 0.6 is 0 Å². The van der Waals surface area contributed by atoms with E-state index in [-0.39, 0.29) is 94.8 Å². The second-order valence-electron chi connectivity index (χ2n) is 28.4. The summed E-state index contributed by atoms with van der Waals surface area (Å²) in [5.74, 6) is -7.67. The predicted molar refractivity (Wildman–Crippen MR) is 411 cm³/mol. The SMILES string of the molecule is Cc1ccc2cc(S(=O)(=O)O)ccc2c1C(C)(C)C(/C=C/C1=C(NCCCC[C@H](NC(=O)CC[C@H](NC(=O)c2ccc(N(Cc3cnc4nc(N)[nH]c(=O)c4n3)C(=O)C(F)(F)F)cc2)C(=O)O)C(=O)O)C(=C/C=C2/N(CCC(C)S(=O)(=O)O)c3ccc4cc(S(=O)(=O)O)ccc4c3C2(C)C)/CCC1)=N/CCC(C)S(=O)(=O)O. The normalized spacial score (nSPS) is 16.4. The molecule has 9 rings (SSSR count). The summed E-state index contributed by atoms with van der Waals surface area (Å²) in [7, 11) is -18.2. The van der Waals surface area contributed by atoms with Crippen molar-refractivity contribution >= 4 is 126 Å². The molecule has 12 N–H and O–H groups in total. The second-order valence-corrected chi connectivity index (χ2v) is 34.9. The van der Waals surface area contributed by atoms with Gasteiger partial charge in [0.2, 0.25) is 11.9 Å². The topological polar surface area (TPSA) is 496 Å². The number of carboxylic acid groups (broad SMARTS) is 2. The molecule has 0 radical (unpaired) electrons. The summed E-state index contributed by atoms with van der Waals surface area (Å²) in [4.78, 5) is 97.6. The van der Waals surface area contributed by atoms with Crippen LogP contribution in [0.4, 0.5) is 30.5 Å². The van der Waals surface area contributed by atoms with E-state index in [1.54, 1.807) is 42.5 Å². The molecule has 7 aromatic rings. The fourth-order valence-electron chi connectivity index (χ4n) is 13.7. The van der Waals surface area contributed by atoms with Crippen molar-refractivity contribution in [2.24, 2.45) is 4.99 Å². The number of aliphatic carboxylic acids is 2. The van der Waals surface area contributed by atoms with E-state index in [4.69, 9.17) is 10.7 Å². The average molecular weight is 1630 g/mol. The number of aryl methyl sites for hydroxylation is 1. The Morgan fingerprint density at radius 1 is 0.759 bits per heavy atom. The molecule has 0 saturated carbocycles. The number of hydrogen-bond donors (Lipinski definition) is 11. The van der Waals surface area contributed by atoms with Crippen molar-refractivity contribution in [1.82, 2.24) is 35.9 Å². The summed E-state index contributed by atoms with van der Waals surface area (Å²) in [6.07, 6.45) is 3.43. The number of allylic oxidation sites excluding steroid dienone is 7. The Bertz CT molecular complexity index is 5610. The summed E-state index contributed by atoms with van der Waals surface area (Å²) in [6.45, 7) is 11.5. The molecule has 38 heteroatoms. The highest BCUT2D eigenvalue weighted by atomic mass is 32.2. The smallest absolute Gasteiger partial charge is 0.471 e. The summed E-state index contributed by atoms with van der Waals surface area (Å²) < 4.78 is 180.